The summed E-state index contributed by atoms with van der Waals surface area (Å²) in [6.45, 7) is 0. The van der Waals surface area contributed by atoms with Gasteiger partial charge in [-0.2, -0.15) is 0 Å². The molecule has 0 fully saturated rings. The van der Waals surface area contributed by atoms with E-state index in [9.17, 15) is 0 Å². The predicted molar refractivity (Wildman–Crippen MR) is 239 cm³/mol. The van der Waals surface area contributed by atoms with E-state index in [4.69, 9.17) is 9.97 Å². The van der Waals surface area contributed by atoms with Crippen LogP contribution in [0.25, 0.3) is 89.8 Å². The summed E-state index contributed by atoms with van der Waals surface area (Å²) in [7, 11) is 0. The number of fused-ring (bicyclic) bond motifs is 6. The lowest BCUT2D eigenvalue weighted by Crippen LogP contribution is -2.01. The van der Waals surface area contributed by atoms with Crippen molar-refractivity contribution in [2.24, 2.45) is 0 Å². The molecule has 0 saturated heterocycles. The number of para-hydroxylation sites is 1. The standard InChI is InChI=1S/C52H36N6/c1-3-14-39(35-22-26-53-27-23-35)41(16-4-1)47-31-45-43-18-5-2-6-20-49(43)57(51(45)33-55-47)37-12-11-13-38(30-37)58-50-21-10-9-19-44(50)46-32-48(56-34-52(46)58)42-17-8-7-15-40(42)36-24-28-54-29-25-36/h1,4-34H,2-3H2. The average Bonchev–Trinajstić information content (AvgIpc) is 3.48. The topological polar surface area (TPSA) is 61.4 Å². The quantitative estimate of drug-likeness (QED) is 0.170. The Hall–Kier alpha value is -7.70. The predicted octanol–water partition coefficient (Wildman–Crippen LogP) is 12.5. The molecule has 6 aromatic heterocycles. The zero-order valence-corrected chi connectivity index (χ0v) is 31.6. The minimum Gasteiger partial charge on any atom is -0.308 e. The van der Waals surface area contributed by atoms with Crippen molar-refractivity contribution in [3.8, 4) is 33.8 Å². The van der Waals surface area contributed by atoms with Gasteiger partial charge in [0.05, 0.1) is 46.0 Å². The van der Waals surface area contributed by atoms with Crippen LogP contribution in [0.1, 0.15) is 35.4 Å². The lowest BCUT2D eigenvalue weighted by molar-refractivity contribution is 1.08. The van der Waals surface area contributed by atoms with Crippen LogP contribution in [0.15, 0.2) is 183 Å². The summed E-state index contributed by atoms with van der Waals surface area (Å²) < 4.78 is 4.70. The van der Waals surface area contributed by atoms with Gasteiger partial charge in [0.1, 0.15) is 0 Å². The highest BCUT2D eigenvalue weighted by Crippen LogP contribution is 2.40. The van der Waals surface area contributed by atoms with Crippen molar-refractivity contribution in [2.75, 3.05) is 0 Å². The summed E-state index contributed by atoms with van der Waals surface area (Å²) in [4.78, 5) is 18.8. The summed E-state index contributed by atoms with van der Waals surface area (Å²) in [6.07, 6.45) is 31.0. The van der Waals surface area contributed by atoms with Gasteiger partial charge in [-0.05, 0) is 102 Å². The number of hydrogen-bond donors (Lipinski definition) is 0. The second-order valence-electron chi connectivity index (χ2n) is 14.6. The number of hydrogen-bond acceptors (Lipinski definition) is 4. The fourth-order valence-corrected chi connectivity index (χ4v) is 8.65. The van der Waals surface area contributed by atoms with Crippen molar-refractivity contribution in [3.05, 3.63) is 205 Å². The lowest BCUT2D eigenvalue weighted by atomic mass is 9.94. The molecule has 0 atom stereocenters. The van der Waals surface area contributed by atoms with E-state index in [0.29, 0.717) is 0 Å². The van der Waals surface area contributed by atoms with Crippen LogP contribution in [0.2, 0.25) is 0 Å². The molecule has 0 spiro atoms. The van der Waals surface area contributed by atoms with Gasteiger partial charge in [-0.15, -0.1) is 0 Å². The lowest BCUT2D eigenvalue weighted by Gasteiger charge is -2.14. The minimum atomic E-state index is 0.860. The number of aromatic nitrogens is 6. The van der Waals surface area contributed by atoms with E-state index in [0.717, 1.165) is 96.4 Å². The molecule has 58 heavy (non-hydrogen) atoms. The Morgan fingerprint density at radius 1 is 0.483 bits per heavy atom. The number of nitrogens with zero attached hydrogens (tertiary/aromatic N) is 6. The van der Waals surface area contributed by atoms with Crippen molar-refractivity contribution in [1.82, 2.24) is 29.1 Å². The normalized spacial score (nSPS) is 13.7. The molecular weight excluding hydrogens is 709 g/mol. The fourth-order valence-electron chi connectivity index (χ4n) is 8.65. The molecule has 6 heterocycles. The molecule has 0 aliphatic heterocycles. The van der Waals surface area contributed by atoms with Crippen molar-refractivity contribution in [3.63, 3.8) is 0 Å². The number of allylic oxidation sites excluding steroid dienone is 8. The van der Waals surface area contributed by atoms with E-state index in [1.54, 1.807) is 0 Å². The largest absolute Gasteiger partial charge is 0.308 e. The highest BCUT2D eigenvalue weighted by Gasteiger charge is 2.21. The molecule has 6 heteroatoms. The SMILES string of the molecule is C1=CCC=C(c2ccncc2)C(c2cc3c4c(n(-c5cccc(-n6c7ccccc7c7cc(-c8ccccc8-c8ccncc8)ncc76)c5)c3cn2)C=CCC=C4)=C1. The van der Waals surface area contributed by atoms with Crippen LogP contribution < -0.4 is 0 Å². The van der Waals surface area contributed by atoms with Gasteiger partial charge < -0.3 is 9.13 Å². The Labute approximate surface area is 335 Å². The summed E-state index contributed by atoms with van der Waals surface area (Å²) >= 11 is 0. The van der Waals surface area contributed by atoms with Crippen molar-refractivity contribution in [1.29, 1.82) is 0 Å². The summed E-state index contributed by atoms with van der Waals surface area (Å²) in [5, 5.41) is 3.50. The number of rotatable bonds is 6. The Morgan fingerprint density at radius 3 is 2.02 bits per heavy atom. The van der Waals surface area contributed by atoms with Crippen molar-refractivity contribution in [2.45, 2.75) is 12.8 Å². The molecule has 6 nitrogen and oxygen atoms in total. The first-order valence-corrected chi connectivity index (χ1v) is 19.7. The van der Waals surface area contributed by atoms with Crippen LogP contribution in [0.4, 0.5) is 0 Å². The van der Waals surface area contributed by atoms with E-state index < -0.39 is 0 Å². The maximum Gasteiger partial charge on any atom is 0.0724 e. The van der Waals surface area contributed by atoms with Gasteiger partial charge in [-0.3, -0.25) is 19.9 Å². The molecule has 0 amide bonds. The van der Waals surface area contributed by atoms with Gasteiger partial charge in [-0.25, -0.2) is 0 Å². The van der Waals surface area contributed by atoms with Crippen molar-refractivity contribution < 1.29 is 0 Å². The van der Waals surface area contributed by atoms with E-state index in [1.807, 2.05) is 37.2 Å². The second-order valence-corrected chi connectivity index (χ2v) is 14.6. The van der Waals surface area contributed by atoms with E-state index in [2.05, 4.69) is 177 Å². The first-order valence-electron chi connectivity index (χ1n) is 19.7. The molecule has 0 radical (unpaired) electrons. The average molecular weight is 745 g/mol. The zero-order valence-electron chi connectivity index (χ0n) is 31.6. The Balaban J connectivity index is 1.06. The third kappa shape index (κ3) is 5.65. The van der Waals surface area contributed by atoms with Crippen molar-refractivity contribution >= 4 is 56.0 Å². The molecule has 0 saturated carbocycles. The maximum atomic E-state index is 5.17. The van der Waals surface area contributed by atoms with Gasteiger partial charge in [0.15, 0.2) is 0 Å². The van der Waals surface area contributed by atoms with Gasteiger partial charge in [0.25, 0.3) is 0 Å². The highest BCUT2D eigenvalue weighted by atomic mass is 15.0. The van der Waals surface area contributed by atoms with Gasteiger partial charge >= 0.3 is 0 Å². The van der Waals surface area contributed by atoms with Crippen LogP contribution >= 0.6 is 0 Å². The summed E-state index contributed by atoms with van der Waals surface area (Å²) in [6, 6.07) is 38.7. The second kappa shape index (κ2) is 14.1. The van der Waals surface area contributed by atoms with E-state index >= 15 is 0 Å². The van der Waals surface area contributed by atoms with Gasteiger partial charge in [0.2, 0.25) is 0 Å². The number of benzene rings is 3. The summed E-state index contributed by atoms with van der Waals surface area (Å²) in [5.74, 6) is 0. The summed E-state index contributed by atoms with van der Waals surface area (Å²) in [5.41, 5.74) is 16.3. The van der Waals surface area contributed by atoms with Crippen LogP contribution in [0.3, 0.4) is 0 Å². The Bertz CT molecular complexity index is 3210. The van der Waals surface area contributed by atoms with Gasteiger partial charge in [-0.1, -0.05) is 91.1 Å². The van der Waals surface area contributed by atoms with Crippen LogP contribution in [-0.4, -0.2) is 29.1 Å². The minimum absolute atomic E-state index is 0.860. The van der Waals surface area contributed by atoms with E-state index in [-0.39, 0.29) is 0 Å². The van der Waals surface area contributed by atoms with Crippen LogP contribution in [0, 0.1) is 0 Å². The zero-order chi connectivity index (χ0) is 38.4. The smallest absolute Gasteiger partial charge is 0.0724 e. The third-order valence-corrected chi connectivity index (χ3v) is 11.3. The molecule has 11 rings (SSSR count). The highest BCUT2D eigenvalue weighted by molar-refractivity contribution is 6.10. The molecule has 0 unspecified atom stereocenters. The first-order chi connectivity index (χ1) is 28.8. The Morgan fingerprint density at radius 2 is 1.17 bits per heavy atom. The number of pyridine rings is 4. The fraction of sp³-hybridized carbons (Fsp3) is 0.0385. The Kier molecular flexibility index (Phi) is 8.18. The molecule has 0 N–H and O–H groups in total. The monoisotopic (exact) mass is 744 g/mol. The molecule has 3 aromatic carbocycles. The molecule has 274 valence electrons. The third-order valence-electron chi connectivity index (χ3n) is 11.3. The van der Waals surface area contributed by atoms with Gasteiger partial charge in [0, 0.05) is 69.0 Å². The van der Waals surface area contributed by atoms with Crippen LogP contribution in [0.5, 0.6) is 0 Å². The maximum absolute atomic E-state index is 5.17. The molecule has 0 bridgehead atoms. The first kappa shape index (κ1) is 33.6. The van der Waals surface area contributed by atoms with Crippen LogP contribution in [-0.2, 0) is 0 Å². The molecule has 2 aliphatic carbocycles. The molecular formula is C52H36N6. The molecule has 9 aromatic rings. The molecule has 2 aliphatic rings. The van der Waals surface area contributed by atoms with E-state index in [1.165, 1.54) is 16.5 Å².